The minimum absolute atomic E-state index is 0.483. The Bertz CT molecular complexity index is 290. The van der Waals surface area contributed by atoms with Crippen molar-refractivity contribution < 1.29 is 0 Å². The van der Waals surface area contributed by atoms with Gasteiger partial charge in [-0.1, -0.05) is 30.3 Å². The van der Waals surface area contributed by atoms with Crippen molar-refractivity contribution in [2.75, 3.05) is 0 Å². The second kappa shape index (κ2) is 3.58. The lowest BCUT2D eigenvalue weighted by Gasteiger charge is -1.89. The van der Waals surface area contributed by atoms with E-state index >= 15 is 0 Å². The molecule has 11 heavy (non-hydrogen) atoms. The summed E-state index contributed by atoms with van der Waals surface area (Å²) in [5.41, 5.74) is 1.50. The molecule has 1 heteroatoms. The van der Waals surface area contributed by atoms with E-state index in [0.29, 0.717) is 5.57 Å². The van der Waals surface area contributed by atoms with Crippen LogP contribution in [0.25, 0.3) is 6.08 Å². The summed E-state index contributed by atoms with van der Waals surface area (Å²) in [5.74, 6) is 0. The van der Waals surface area contributed by atoms with Gasteiger partial charge in [-0.15, -0.1) is 0 Å². The summed E-state index contributed by atoms with van der Waals surface area (Å²) in [6.07, 6.45) is 1.75. The Kier molecular flexibility index (Phi) is 2.46. The number of nitrogens with zero attached hydrogens (tertiary/aromatic N) is 1. The first-order chi connectivity index (χ1) is 5.33. The van der Waals surface area contributed by atoms with Crippen LogP contribution in [0, 0.1) is 18.3 Å². The van der Waals surface area contributed by atoms with E-state index in [-0.39, 0.29) is 0 Å². The molecule has 0 unspecified atom stereocenters. The molecule has 1 radical (unpaired) electrons. The summed E-state index contributed by atoms with van der Waals surface area (Å²) in [6.45, 7) is 3.55. The van der Waals surface area contributed by atoms with E-state index in [9.17, 15) is 0 Å². The SMILES string of the molecule is [CH2]C(C#N)=Cc1ccccc1. The summed E-state index contributed by atoms with van der Waals surface area (Å²) in [7, 11) is 0. The van der Waals surface area contributed by atoms with E-state index < -0.39 is 0 Å². The number of allylic oxidation sites excluding steroid dienone is 1. The Labute approximate surface area is 66.6 Å². The van der Waals surface area contributed by atoms with Crippen LogP contribution in [0.1, 0.15) is 5.56 Å². The number of hydrogen-bond acceptors (Lipinski definition) is 1. The molecule has 1 rings (SSSR count). The summed E-state index contributed by atoms with van der Waals surface area (Å²) >= 11 is 0. The highest BCUT2D eigenvalue weighted by atomic mass is 14.2. The first-order valence-electron chi connectivity index (χ1n) is 3.32. The molecular weight excluding hydrogens is 134 g/mol. The van der Waals surface area contributed by atoms with E-state index in [1.54, 1.807) is 6.08 Å². The smallest absolute Gasteiger partial charge is 0.0947 e. The number of hydrogen-bond donors (Lipinski definition) is 0. The molecule has 0 heterocycles. The second-order valence-electron chi connectivity index (χ2n) is 2.19. The van der Waals surface area contributed by atoms with Gasteiger partial charge in [-0.05, 0) is 18.6 Å². The van der Waals surface area contributed by atoms with Crippen molar-refractivity contribution in [3.8, 4) is 6.07 Å². The molecule has 0 saturated heterocycles. The maximum absolute atomic E-state index is 8.42. The molecule has 0 spiro atoms. The molecule has 0 aliphatic carbocycles. The van der Waals surface area contributed by atoms with Crippen molar-refractivity contribution >= 4 is 6.08 Å². The van der Waals surface area contributed by atoms with Crippen molar-refractivity contribution in [1.82, 2.24) is 0 Å². The Morgan fingerprint density at radius 2 is 2.00 bits per heavy atom. The van der Waals surface area contributed by atoms with Crippen LogP contribution < -0.4 is 0 Å². The molecule has 0 fully saturated rings. The van der Waals surface area contributed by atoms with E-state index in [1.165, 1.54) is 0 Å². The minimum Gasteiger partial charge on any atom is -0.193 e. The highest BCUT2D eigenvalue weighted by molar-refractivity contribution is 5.57. The fourth-order valence-electron chi connectivity index (χ4n) is 0.783. The third-order valence-electron chi connectivity index (χ3n) is 1.28. The zero-order valence-electron chi connectivity index (χ0n) is 6.12. The Morgan fingerprint density at radius 1 is 1.36 bits per heavy atom. The molecule has 53 valence electrons. The molecule has 0 aromatic heterocycles. The molecule has 0 aliphatic rings. The largest absolute Gasteiger partial charge is 0.193 e. The molecule has 1 nitrogen and oxygen atoms in total. The fourth-order valence-corrected chi connectivity index (χ4v) is 0.783. The lowest BCUT2D eigenvalue weighted by atomic mass is 10.1. The lowest BCUT2D eigenvalue weighted by molar-refractivity contribution is 1.50. The van der Waals surface area contributed by atoms with Gasteiger partial charge in [0.05, 0.1) is 6.07 Å². The highest BCUT2D eigenvalue weighted by Gasteiger charge is 1.86. The average molecular weight is 142 g/mol. The molecule has 0 atom stereocenters. The third-order valence-corrected chi connectivity index (χ3v) is 1.28. The molecule has 1 aromatic carbocycles. The van der Waals surface area contributed by atoms with Gasteiger partial charge in [0.15, 0.2) is 0 Å². The van der Waals surface area contributed by atoms with Crippen LogP contribution >= 0.6 is 0 Å². The van der Waals surface area contributed by atoms with Crippen LogP contribution in [0.5, 0.6) is 0 Å². The van der Waals surface area contributed by atoms with Crippen molar-refractivity contribution in [2.45, 2.75) is 0 Å². The van der Waals surface area contributed by atoms with Gasteiger partial charge in [-0.3, -0.25) is 0 Å². The van der Waals surface area contributed by atoms with Crippen LogP contribution in [0.2, 0.25) is 0 Å². The first-order valence-corrected chi connectivity index (χ1v) is 3.32. The van der Waals surface area contributed by atoms with Gasteiger partial charge in [-0.2, -0.15) is 5.26 Å². The number of benzene rings is 1. The van der Waals surface area contributed by atoms with Crippen LogP contribution in [-0.2, 0) is 0 Å². The molecule has 0 amide bonds. The van der Waals surface area contributed by atoms with Crippen LogP contribution in [0.15, 0.2) is 35.9 Å². The predicted molar refractivity (Wildman–Crippen MR) is 45.4 cm³/mol. The number of nitriles is 1. The van der Waals surface area contributed by atoms with Crippen molar-refractivity contribution in [3.05, 3.63) is 48.4 Å². The number of rotatable bonds is 1. The van der Waals surface area contributed by atoms with Gasteiger partial charge in [0, 0.05) is 5.57 Å². The Balaban J connectivity index is 2.90. The zero-order chi connectivity index (χ0) is 8.10. The maximum atomic E-state index is 8.42. The summed E-state index contributed by atoms with van der Waals surface area (Å²) < 4.78 is 0. The van der Waals surface area contributed by atoms with E-state index in [4.69, 9.17) is 5.26 Å². The van der Waals surface area contributed by atoms with Gasteiger partial charge < -0.3 is 0 Å². The highest BCUT2D eigenvalue weighted by Crippen LogP contribution is 2.04. The summed E-state index contributed by atoms with van der Waals surface area (Å²) in [4.78, 5) is 0. The molecular formula is C10H8N. The summed E-state index contributed by atoms with van der Waals surface area (Å²) in [6, 6.07) is 11.6. The molecule has 0 saturated carbocycles. The maximum Gasteiger partial charge on any atom is 0.0947 e. The van der Waals surface area contributed by atoms with E-state index in [2.05, 4.69) is 6.92 Å². The minimum atomic E-state index is 0.483. The molecule has 0 aliphatic heterocycles. The van der Waals surface area contributed by atoms with Gasteiger partial charge in [-0.25, -0.2) is 0 Å². The van der Waals surface area contributed by atoms with Crippen LogP contribution in [0.4, 0.5) is 0 Å². The first kappa shape index (κ1) is 7.56. The van der Waals surface area contributed by atoms with Crippen LogP contribution in [0.3, 0.4) is 0 Å². The normalized spacial score (nSPS) is 10.7. The molecule has 0 N–H and O–H groups in total. The Hall–Kier alpha value is -1.55. The monoisotopic (exact) mass is 142 g/mol. The van der Waals surface area contributed by atoms with E-state index in [1.807, 2.05) is 36.4 Å². The van der Waals surface area contributed by atoms with Crippen molar-refractivity contribution in [1.29, 1.82) is 5.26 Å². The van der Waals surface area contributed by atoms with Gasteiger partial charge in [0.2, 0.25) is 0 Å². The molecule has 1 aromatic rings. The quantitative estimate of drug-likeness (QED) is 0.552. The van der Waals surface area contributed by atoms with Crippen molar-refractivity contribution in [2.24, 2.45) is 0 Å². The van der Waals surface area contributed by atoms with Crippen LogP contribution in [-0.4, -0.2) is 0 Å². The van der Waals surface area contributed by atoms with Crippen molar-refractivity contribution in [3.63, 3.8) is 0 Å². The van der Waals surface area contributed by atoms with E-state index in [0.717, 1.165) is 5.56 Å². The molecule has 0 bridgehead atoms. The van der Waals surface area contributed by atoms with Gasteiger partial charge >= 0.3 is 0 Å². The van der Waals surface area contributed by atoms with Gasteiger partial charge in [0.25, 0.3) is 0 Å². The third kappa shape index (κ3) is 2.27. The predicted octanol–water partition coefficient (Wildman–Crippen LogP) is 2.43. The average Bonchev–Trinajstić information content (AvgIpc) is 2.06. The lowest BCUT2D eigenvalue weighted by Crippen LogP contribution is -1.71. The standard InChI is InChI=1S/C10H8N/c1-9(8-11)7-10-5-3-2-4-6-10/h2-7H,1H2. The topological polar surface area (TPSA) is 23.8 Å². The Morgan fingerprint density at radius 3 is 2.55 bits per heavy atom. The summed E-state index contributed by atoms with van der Waals surface area (Å²) in [5, 5.41) is 8.42. The second-order valence-corrected chi connectivity index (χ2v) is 2.19. The zero-order valence-corrected chi connectivity index (χ0v) is 6.12. The van der Waals surface area contributed by atoms with Gasteiger partial charge in [0.1, 0.15) is 0 Å². The fraction of sp³-hybridized carbons (Fsp3) is 0.